The van der Waals surface area contributed by atoms with Crippen molar-refractivity contribution in [2.75, 3.05) is 20.6 Å². The van der Waals surface area contributed by atoms with Crippen molar-refractivity contribution >= 4 is 11.8 Å². The van der Waals surface area contributed by atoms with Crippen LogP contribution in [-0.4, -0.2) is 37.4 Å². The summed E-state index contributed by atoms with van der Waals surface area (Å²) in [6, 6.07) is 0. The Labute approximate surface area is 72.2 Å². The molecule has 0 aliphatic heterocycles. The van der Waals surface area contributed by atoms with Crippen molar-refractivity contribution < 1.29 is 9.59 Å². The van der Waals surface area contributed by atoms with Gasteiger partial charge in [0.15, 0.2) is 0 Å². The van der Waals surface area contributed by atoms with Crippen molar-refractivity contribution in [3.63, 3.8) is 0 Å². The molecule has 2 amide bonds. The summed E-state index contributed by atoms with van der Waals surface area (Å²) in [6.45, 7) is 1.80. The van der Waals surface area contributed by atoms with E-state index in [-0.39, 0.29) is 18.4 Å². The first-order chi connectivity index (χ1) is 5.57. The van der Waals surface area contributed by atoms with Crippen LogP contribution in [0.15, 0.2) is 12.2 Å². The molecule has 4 nitrogen and oxygen atoms in total. The maximum atomic E-state index is 10.9. The molecule has 0 heterocycles. The molecule has 0 unspecified atom stereocenters. The van der Waals surface area contributed by atoms with Crippen LogP contribution in [-0.2, 0) is 9.59 Å². The van der Waals surface area contributed by atoms with E-state index in [2.05, 4.69) is 5.32 Å². The molecular weight excluding hydrogens is 156 g/mol. The Morgan fingerprint density at radius 3 is 2.42 bits per heavy atom. The number of carbonyl (C=O) groups excluding carboxylic acids is 2. The first-order valence-corrected chi connectivity index (χ1v) is 3.68. The van der Waals surface area contributed by atoms with Gasteiger partial charge < -0.3 is 10.2 Å². The van der Waals surface area contributed by atoms with Gasteiger partial charge in [0.25, 0.3) is 0 Å². The van der Waals surface area contributed by atoms with Crippen molar-refractivity contribution in [2.24, 2.45) is 0 Å². The van der Waals surface area contributed by atoms with E-state index < -0.39 is 0 Å². The molecule has 0 bridgehead atoms. The molecule has 68 valence electrons. The Morgan fingerprint density at radius 1 is 1.42 bits per heavy atom. The van der Waals surface area contributed by atoms with E-state index in [1.54, 1.807) is 27.1 Å². The summed E-state index contributed by atoms with van der Waals surface area (Å²) in [6.07, 6.45) is 3.00. The Balaban J connectivity index is 3.69. The SMILES string of the molecule is CC=CC(=O)NCC(=O)N(C)C. The molecule has 4 heteroatoms. The van der Waals surface area contributed by atoms with Gasteiger partial charge in [0.1, 0.15) is 0 Å². The largest absolute Gasteiger partial charge is 0.347 e. The lowest BCUT2D eigenvalue weighted by molar-refractivity contribution is -0.129. The van der Waals surface area contributed by atoms with Crippen LogP contribution in [0.25, 0.3) is 0 Å². The topological polar surface area (TPSA) is 49.4 Å². The number of likely N-dealkylation sites (N-methyl/N-ethyl adjacent to an activating group) is 1. The molecule has 0 fully saturated rings. The molecule has 0 saturated carbocycles. The fourth-order valence-electron chi connectivity index (χ4n) is 0.531. The molecule has 0 aliphatic rings. The third-order valence-electron chi connectivity index (χ3n) is 1.23. The summed E-state index contributed by atoms with van der Waals surface area (Å²) in [7, 11) is 3.29. The zero-order valence-corrected chi connectivity index (χ0v) is 7.63. The molecule has 0 aliphatic carbocycles. The van der Waals surface area contributed by atoms with Crippen LogP contribution in [0.4, 0.5) is 0 Å². The average Bonchev–Trinajstić information content (AvgIpc) is 2.00. The van der Waals surface area contributed by atoms with E-state index in [0.717, 1.165) is 0 Å². The fraction of sp³-hybridized carbons (Fsp3) is 0.500. The number of nitrogens with one attached hydrogen (secondary N) is 1. The minimum atomic E-state index is -0.243. The van der Waals surface area contributed by atoms with Gasteiger partial charge in [-0.2, -0.15) is 0 Å². The minimum Gasteiger partial charge on any atom is -0.347 e. The smallest absolute Gasteiger partial charge is 0.244 e. The van der Waals surface area contributed by atoms with Gasteiger partial charge in [-0.05, 0) is 13.0 Å². The molecule has 0 spiro atoms. The third-order valence-corrected chi connectivity index (χ3v) is 1.23. The number of hydrogen-bond donors (Lipinski definition) is 1. The summed E-state index contributed by atoms with van der Waals surface area (Å²) >= 11 is 0. The molecule has 0 saturated heterocycles. The van der Waals surface area contributed by atoms with Gasteiger partial charge in [-0.1, -0.05) is 6.08 Å². The second-order valence-corrected chi connectivity index (χ2v) is 2.51. The van der Waals surface area contributed by atoms with Crippen LogP contribution in [0.3, 0.4) is 0 Å². The lowest BCUT2D eigenvalue weighted by Gasteiger charge is -2.09. The highest BCUT2D eigenvalue weighted by molar-refractivity contribution is 5.90. The van der Waals surface area contributed by atoms with Crippen molar-refractivity contribution in [1.82, 2.24) is 10.2 Å². The highest BCUT2D eigenvalue weighted by atomic mass is 16.2. The van der Waals surface area contributed by atoms with E-state index in [9.17, 15) is 9.59 Å². The van der Waals surface area contributed by atoms with Crippen LogP contribution in [0.2, 0.25) is 0 Å². The lowest BCUT2D eigenvalue weighted by Crippen LogP contribution is -2.35. The quantitative estimate of drug-likeness (QED) is 0.595. The van der Waals surface area contributed by atoms with Gasteiger partial charge in [0.2, 0.25) is 11.8 Å². The molecule has 0 aromatic carbocycles. The van der Waals surface area contributed by atoms with E-state index >= 15 is 0 Å². The minimum absolute atomic E-state index is 0.0518. The number of hydrogen-bond acceptors (Lipinski definition) is 2. The van der Waals surface area contributed by atoms with Crippen molar-refractivity contribution in [1.29, 1.82) is 0 Å². The predicted octanol–water partition coefficient (Wildman–Crippen LogP) is -0.233. The van der Waals surface area contributed by atoms with E-state index in [4.69, 9.17) is 0 Å². The van der Waals surface area contributed by atoms with Crippen molar-refractivity contribution in [3.05, 3.63) is 12.2 Å². The van der Waals surface area contributed by atoms with Crippen LogP contribution in [0.5, 0.6) is 0 Å². The summed E-state index contributed by atoms with van der Waals surface area (Å²) < 4.78 is 0. The fourth-order valence-corrected chi connectivity index (χ4v) is 0.531. The molecule has 0 aromatic rings. The summed E-state index contributed by atoms with van der Waals surface area (Å²) in [5.74, 6) is -0.361. The number of allylic oxidation sites excluding steroid dienone is 1. The first kappa shape index (κ1) is 10.7. The molecule has 1 N–H and O–H groups in total. The molecule has 0 aromatic heterocycles. The second-order valence-electron chi connectivity index (χ2n) is 2.51. The molecule has 0 atom stereocenters. The van der Waals surface area contributed by atoms with Crippen molar-refractivity contribution in [2.45, 2.75) is 6.92 Å². The molecular formula is C8H14N2O2. The van der Waals surface area contributed by atoms with Crippen LogP contribution < -0.4 is 5.32 Å². The highest BCUT2D eigenvalue weighted by Crippen LogP contribution is 1.77. The van der Waals surface area contributed by atoms with Crippen LogP contribution >= 0.6 is 0 Å². The number of carbonyl (C=O) groups is 2. The number of nitrogens with zero attached hydrogens (tertiary/aromatic N) is 1. The van der Waals surface area contributed by atoms with Crippen molar-refractivity contribution in [3.8, 4) is 0 Å². The highest BCUT2D eigenvalue weighted by Gasteiger charge is 2.03. The zero-order chi connectivity index (χ0) is 9.56. The Bertz CT molecular complexity index is 197. The van der Waals surface area contributed by atoms with Gasteiger partial charge in [-0.3, -0.25) is 9.59 Å². The van der Waals surface area contributed by atoms with Gasteiger partial charge in [0.05, 0.1) is 6.54 Å². The third kappa shape index (κ3) is 4.49. The summed E-state index contributed by atoms with van der Waals surface area (Å²) in [5, 5.41) is 2.45. The molecule has 12 heavy (non-hydrogen) atoms. The molecule has 0 rings (SSSR count). The maximum absolute atomic E-state index is 10.9. The van der Waals surface area contributed by atoms with E-state index in [1.165, 1.54) is 11.0 Å². The Hall–Kier alpha value is -1.32. The number of amides is 2. The summed E-state index contributed by atoms with van der Waals surface area (Å²) in [4.78, 5) is 23.2. The lowest BCUT2D eigenvalue weighted by atomic mass is 10.4. The zero-order valence-electron chi connectivity index (χ0n) is 7.63. The standard InChI is InChI=1S/C8H14N2O2/c1-4-5-7(11)9-6-8(12)10(2)3/h4-5H,6H2,1-3H3,(H,9,11). The van der Waals surface area contributed by atoms with Crippen LogP contribution in [0, 0.1) is 0 Å². The van der Waals surface area contributed by atoms with E-state index in [0.29, 0.717) is 0 Å². The first-order valence-electron chi connectivity index (χ1n) is 3.68. The van der Waals surface area contributed by atoms with E-state index in [1.807, 2.05) is 0 Å². The normalized spacial score (nSPS) is 9.92. The van der Waals surface area contributed by atoms with Gasteiger partial charge in [-0.15, -0.1) is 0 Å². The van der Waals surface area contributed by atoms with Gasteiger partial charge in [-0.25, -0.2) is 0 Å². The maximum Gasteiger partial charge on any atom is 0.244 e. The second kappa shape index (κ2) is 5.35. The van der Waals surface area contributed by atoms with Gasteiger partial charge in [0, 0.05) is 14.1 Å². The monoisotopic (exact) mass is 170 g/mol. The predicted molar refractivity (Wildman–Crippen MR) is 46.5 cm³/mol. The van der Waals surface area contributed by atoms with Gasteiger partial charge >= 0.3 is 0 Å². The summed E-state index contributed by atoms with van der Waals surface area (Å²) in [5.41, 5.74) is 0. The Morgan fingerprint density at radius 2 is 2.00 bits per heavy atom. The Kier molecular flexibility index (Phi) is 4.76. The number of rotatable bonds is 3. The van der Waals surface area contributed by atoms with Crippen LogP contribution in [0.1, 0.15) is 6.92 Å². The average molecular weight is 170 g/mol. The molecule has 0 radical (unpaired) electrons.